The second kappa shape index (κ2) is 7.20. The maximum atomic E-state index is 12.4. The zero-order chi connectivity index (χ0) is 19.7. The van der Waals surface area contributed by atoms with Gasteiger partial charge in [0.2, 0.25) is 5.91 Å². The molecule has 3 aromatic rings. The predicted octanol–water partition coefficient (Wildman–Crippen LogP) is 3.10. The van der Waals surface area contributed by atoms with Crippen LogP contribution >= 0.6 is 11.6 Å². The molecule has 140 valence electrons. The van der Waals surface area contributed by atoms with Crippen molar-refractivity contribution in [3.05, 3.63) is 56.9 Å². The number of nitrogens with one attached hydrogen (secondary N) is 1. The topological polar surface area (TPSA) is 108 Å². The molecule has 1 N–H and O–H groups in total. The molecule has 0 aliphatic carbocycles. The van der Waals surface area contributed by atoms with Gasteiger partial charge in [-0.1, -0.05) is 23.7 Å². The number of halogens is 1. The molecule has 0 unspecified atom stereocenters. The van der Waals surface area contributed by atoms with Gasteiger partial charge in [0.15, 0.2) is 0 Å². The van der Waals surface area contributed by atoms with E-state index in [1.807, 2.05) is 12.1 Å². The number of rotatable bonds is 5. The Morgan fingerprint density at radius 1 is 1.26 bits per heavy atom. The number of benzene rings is 1. The minimum absolute atomic E-state index is 0.0756. The minimum atomic E-state index is -0.494. The molecule has 0 spiro atoms. The Hall–Kier alpha value is -3.20. The Morgan fingerprint density at radius 3 is 2.52 bits per heavy atom. The van der Waals surface area contributed by atoms with Crippen molar-refractivity contribution in [2.75, 3.05) is 5.32 Å². The highest BCUT2D eigenvalue weighted by Crippen LogP contribution is 2.24. The summed E-state index contributed by atoms with van der Waals surface area (Å²) in [5, 5.41) is 22.9. The van der Waals surface area contributed by atoms with Crippen molar-refractivity contribution in [3.8, 4) is 11.3 Å². The lowest BCUT2D eigenvalue weighted by Gasteiger charge is -2.06. The first-order valence-corrected chi connectivity index (χ1v) is 8.42. The van der Waals surface area contributed by atoms with Gasteiger partial charge in [-0.25, -0.2) is 0 Å². The Bertz CT molecular complexity index is 1020. The molecule has 27 heavy (non-hydrogen) atoms. The lowest BCUT2D eigenvalue weighted by atomic mass is 10.1. The highest BCUT2D eigenvalue weighted by Gasteiger charge is 2.23. The molecule has 0 atom stereocenters. The van der Waals surface area contributed by atoms with Crippen molar-refractivity contribution in [1.29, 1.82) is 0 Å². The van der Waals surface area contributed by atoms with Gasteiger partial charge in [0.05, 0.1) is 10.6 Å². The molecule has 10 heteroatoms. The third kappa shape index (κ3) is 3.82. The molecule has 0 saturated carbocycles. The molecule has 0 aliphatic heterocycles. The van der Waals surface area contributed by atoms with Crippen molar-refractivity contribution in [2.45, 2.75) is 20.4 Å². The van der Waals surface area contributed by atoms with Gasteiger partial charge in [0, 0.05) is 23.7 Å². The summed E-state index contributed by atoms with van der Waals surface area (Å²) in [7, 11) is 1.71. The summed E-state index contributed by atoms with van der Waals surface area (Å²) in [6, 6.07) is 8.94. The maximum absolute atomic E-state index is 12.4. The maximum Gasteiger partial charge on any atom is 0.312 e. The van der Waals surface area contributed by atoms with Crippen molar-refractivity contribution in [2.24, 2.45) is 7.05 Å². The van der Waals surface area contributed by atoms with Crippen LogP contribution in [0.15, 0.2) is 30.3 Å². The van der Waals surface area contributed by atoms with Gasteiger partial charge in [0.1, 0.15) is 23.8 Å². The number of hydrogen-bond donors (Lipinski definition) is 1. The van der Waals surface area contributed by atoms with E-state index in [0.29, 0.717) is 22.2 Å². The predicted molar refractivity (Wildman–Crippen MR) is 101 cm³/mol. The molecule has 2 heterocycles. The molecule has 1 amide bonds. The molecular weight excluding hydrogens is 372 g/mol. The molecule has 0 fully saturated rings. The van der Waals surface area contributed by atoms with E-state index >= 15 is 0 Å². The van der Waals surface area contributed by atoms with Gasteiger partial charge in [-0.05, 0) is 26.0 Å². The van der Waals surface area contributed by atoms with Crippen molar-refractivity contribution < 1.29 is 9.72 Å². The van der Waals surface area contributed by atoms with Gasteiger partial charge < -0.3 is 5.32 Å². The molecular formula is C17H17ClN6O3. The van der Waals surface area contributed by atoms with E-state index in [1.54, 1.807) is 43.8 Å². The zero-order valence-corrected chi connectivity index (χ0v) is 15.7. The molecule has 3 rings (SSSR count). The monoisotopic (exact) mass is 388 g/mol. The zero-order valence-electron chi connectivity index (χ0n) is 14.9. The number of aryl methyl sites for hydroxylation is 2. The van der Waals surface area contributed by atoms with E-state index in [4.69, 9.17) is 11.6 Å². The second-order valence-electron chi connectivity index (χ2n) is 6.03. The fourth-order valence-corrected chi connectivity index (χ4v) is 2.90. The van der Waals surface area contributed by atoms with Crippen LogP contribution in [0.5, 0.6) is 0 Å². The van der Waals surface area contributed by atoms with Gasteiger partial charge >= 0.3 is 5.69 Å². The van der Waals surface area contributed by atoms with Crippen LogP contribution in [0.1, 0.15) is 11.4 Å². The number of anilines is 1. The number of carbonyl (C=O) groups excluding carboxylic acids is 1. The molecule has 0 bridgehead atoms. The molecule has 9 nitrogen and oxygen atoms in total. The largest absolute Gasteiger partial charge is 0.312 e. The normalized spacial score (nSPS) is 10.8. The van der Waals surface area contributed by atoms with Crippen LogP contribution in [0.2, 0.25) is 5.02 Å². The smallest absolute Gasteiger partial charge is 0.309 e. The van der Waals surface area contributed by atoms with Gasteiger partial charge in [-0.2, -0.15) is 10.2 Å². The molecule has 0 saturated heterocycles. The molecule has 1 aromatic carbocycles. The summed E-state index contributed by atoms with van der Waals surface area (Å²) in [6.07, 6.45) is 0. The van der Waals surface area contributed by atoms with Gasteiger partial charge in [0.25, 0.3) is 0 Å². The summed E-state index contributed by atoms with van der Waals surface area (Å²) in [4.78, 5) is 22.9. The third-order valence-corrected chi connectivity index (χ3v) is 4.36. The summed E-state index contributed by atoms with van der Waals surface area (Å²) in [6.45, 7) is 2.97. The highest BCUT2D eigenvalue weighted by molar-refractivity contribution is 6.30. The molecule has 0 radical (unpaired) electrons. The lowest BCUT2D eigenvalue weighted by molar-refractivity contribution is -0.386. The molecule has 2 aromatic heterocycles. The summed E-state index contributed by atoms with van der Waals surface area (Å²) < 4.78 is 2.87. The average Bonchev–Trinajstić information content (AvgIpc) is 3.08. The Labute approximate surface area is 159 Å². The van der Waals surface area contributed by atoms with E-state index in [9.17, 15) is 14.9 Å². The Balaban J connectivity index is 1.76. The van der Waals surface area contributed by atoms with Gasteiger partial charge in [-0.15, -0.1) is 0 Å². The van der Waals surface area contributed by atoms with E-state index in [-0.39, 0.29) is 23.8 Å². The lowest BCUT2D eigenvalue weighted by Crippen LogP contribution is -2.21. The van der Waals surface area contributed by atoms with Crippen molar-refractivity contribution in [3.63, 3.8) is 0 Å². The Morgan fingerprint density at radius 2 is 1.93 bits per heavy atom. The van der Waals surface area contributed by atoms with Crippen LogP contribution in [-0.4, -0.2) is 30.4 Å². The number of amides is 1. The van der Waals surface area contributed by atoms with Crippen LogP contribution in [0.4, 0.5) is 11.5 Å². The Kier molecular flexibility index (Phi) is 4.95. The second-order valence-corrected chi connectivity index (χ2v) is 6.46. The van der Waals surface area contributed by atoms with Crippen LogP contribution in [-0.2, 0) is 18.4 Å². The van der Waals surface area contributed by atoms with E-state index in [2.05, 4.69) is 15.5 Å². The number of nitrogens with zero attached hydrogens (tertiary/aromatic N) is 5. The first-order valence-electron chi connectivity index (χ1n) is 8.04. The standard InChI is InChI=1S/C17H17ClN6O3/c1-10-17(24(26)27)11(2)23(20-10)9-16(25)19-15-8-14(21-22(15)3)12-4-6-13(18)7-5-12/h4-8H,9H2,1-3H3,(H,19,25). The quantitative estimate of drug-likeness (QED) is 0.533. The average molecular weight is 389 g/mol. The van der Waals surface area contributed by atoms with E-state index in [1.165, 1.54) is 4.68 Å². The van der Waals surface area contributed by atoms with E-state index < -0.39 is 4.92 Å². The number of aromatic nitrogens is 4. The number of carbonyl (C=O) groups is 1. The SMILES string of the molecule is Cc1nn(CC(=O)Nc2cc(-c3ccc(Cl)cc3)nn2C)c(C)c1[N+](=O)[O-]. The van der Waals surface area contributed by atoms with Crippen molar-refractivity contribution >= 4 is 29.0 Å². The highest BCUT2D eigenvalue weighted by atomic mass is 35.5. The third-order valence-electron chi connectivity index (χ3n) is 4.11. The molecule has 0 aliphatic rings. The number of nitro groups is 1. The number of hydrogen-bond acceptors (Lipinski definition) is 5. The van der Waals surface area contributed by atoms with Crippen LogP contribution < -0.4 is 5.32 Å². The summed E-state index contributed by atoms with van der Waals surface area (Å²) in [5.74, 6) is 0.141. The minimum Gasteiger partial charge on any atom is -0.309 e. The van der Waals surface area contributed by atoms with Crippen molar-refractivity contribution in [1.82, 2.24) is 19.6 Å². The van der Waals surface area contributed by atoms with Crippen LogP contribution in [0.25, 0.3) is 11.3 Å². The van der Waals surface area contributed by atoms with E-state index in [0.717, 1.165) is 5.56 Å². The van der Waals surface area contributed by atoms with Gasteiger partial charge in [-0.3, -0.25) is 24.3 Å². The van der Waals surface area contributed by atoms with Crippen LogP contribution in [0, 0.1) is 24.0 Å². The first kappa shape index (κ1) is 18.6. The van der Waals surface area contributed by atoms with Crippen LogP contribution in [0.3, 0.4) is 0 Å². The summed E-state index contributed by atoms with van der Waals surface area (Å²) in [5.41, 5.74) is 2.08. The summed E-state index contributed by atoms with van der Waals surface area (Å²) >= 11 is 5.89. The first-order chi connectivity index (χ1) is 12.8. The fourth-order valence-electron chi connectivity index (χ4n) is 2.77. The fraction of sp³-hybridized carbons (Fsp3) is 0.235.